The molecule has 9 heteroatoms. The van der Waals surface area contributed by atoms with E-state index in [9.17, 15) is 9.59 Å². The number of aryl methyl sites for hydroxylation is 1. The van der Waals surface area contributed by atoms with Crippen molar-refractivity contribution in [2.75, 3.05) is 13.7 Å². The van der Waals surface area contributed by atoms with Gasteiger partial charge in [-0.3, -0.25) is 15.0 Å². The summed E-state index contributed by atoms with van der Waals surface area (Å²) in [6.45, 7) is 4.52. The van der Waals surface area contributed by atoms with Crippen molar-refractivity contribution in [1.29, 1.82) is 0 Å². The molecule has 1 fully saturated rings. The number of thiocarbonyl (C=S) groups is 1. The van der Waals surface area contributed by atoms with Crippen LogP contribution in [0.4, 0.5) is 0 Å². The van der Waals surface area contributed by atoms with E-state index in [1.165, 1.54) is 0 Å². The number of carbonyl (C=O) groups excluding carboxylic acids is 2. The number of hydrogen-bond acceptors (Lipinski definition) is 6. The number of benzene rings is 2. The molecule has 0 bridgehead atoms. The number of amides is 2. The fourth-order valence-corrected chi connectivity index (χ4v) is 4.51. The molecule has 0 aromatic heterocycles. The average molecular weight is 521 g/mol. The Morgan fingerprint density at radius 1 is 1.29 bits per heavy atom. The summed E-state index contributed by atoms with van der Waals surface area (Å²) in [5.41, 5.74) is 4.80. The van der Waals surface area contributed by atoms with E-state index in [0.717, 1.165) is 38.8 Å². The van der Waals surface area contributed by atoms with Gasteiger partial charge in [-0.2, -0.15) is 5.01 Å². The first-order chi connectivity index (χ1) is 14.8. The summed E-state index contributed by atoms with van der Waals surface area (Å²) in [7, 11) is 1.56. The molecule has 1 N–H and O–H groups in total. The molecule has 0 unspecified atom stereocenters. The molecule has 2 amide bonds. The number of nitrogens with one attached hydrogen (secondary N) is 1. The number of rotatable bonds is 7. The Labute approximate surface area is 199 Å². The molecule has 0 radical (unpaired) electrons. The van der Waals surface area contributed by atoms with E-state index in [4.69, 9.17) is 21.7 Å². The van der Waals surface area contributed by atoms with E-state index < -0.39 is 11.8 Å². The highest BCUT2D eigenvalue weighted by Gasteiger charge is 2.34. The molecular formula is C22H21BrN2O4S2. The van der Waals surface area contributed by atoms with E-state index in [1.807, 2.05) is 32.0 Å². The van der Waals surface area contributed by atoms with Crippen molar-refractivity contribution in [2.45, 2.75) is 20.3 Å². The zero-order valence-electron chi connectivity index (χ0n) is 17.2. The number of thioether (sulfide) groups is 1. The van der Waals surface area contributed by atoms with Crippen molar-refractivity contribution in [1.82, 2.24) is 10.4 Å². The number of nitrogens with zero attached hydrogens (tertiary/aromatic N) is 1. The van der Waals surface area contributed by atoms with Gasteiger partial charge in [0.15, 0.2) is 15.8 Å². The largest absolute Gasteiger partial charge is 0.493 e. The molecule has 0 aliphatic carbocycles. The van der Waals surface area contributed by atoms with Crippen LogP contribution >= 0.6 is 39.9 Å². The maximum atomic E-state index is 12.9. The summed E-state index contributed by atoms with van der Waals surface area (Å²) in [6.07, 6.45) is 2.57. The minimum Gasteiger partial charge on any atom is -0.493 e. The maximum absolute atomic E-state index is 12.9. The van der Waals surface area contributed by atoms with Crippen LogP contribution in [0.1, 0.15) is 34.8 Å². The van der Waals surface area contributed by atoms with E-state index >= 15 is 0 Å². The van der Waals surface area contributed by atoms with Crippen molar-refractivity contribution >= 4 is 62.1 Å². The first kappa shape index (κ1) is 23.3. The first-order valence-electron chi connectivity index (χ1n) is 9.50. The number of halogens is 1. The molecule has 1 heterocycles. The van der Waals surface area contributed by atoms with Crippen molar-refractivity contribution in [3.8, 4) is 11.5 Å². The van der Waals surface area contributed by atoms with Gasteiger partial charge in [-0.1, -0.05) is 36.4 Å². The normalized spacial score (nSPS) is 14.8. The topological polar surface area (TPSA) is 67.9 Å². The minimum absolute atomic E-state index is 0.255. The molecule has 0 atom stereocenters. The molecule has 0 saturated carbocycles. The van der Waals surface area contributed by atoms with E-state index in [-0.39, 0.29) is 4.32 Å². The Hall–Kier alpha value is -2.36. The fraction of sp³-hybridized carbons (Fsp3) is 0.227. The number of hydrogen-bond donors (Lipinski definition) is 1. The van der Waals surface area contributed by atoms with Crippen LogP contribution in [0.2, 0.25) is 0 Å². The third-order valence-corrected chi connectivity index (χ3v) is 6.21. The Kier molecular flexibility index (Phi) is 7.74. The second kappa shape index (κ2) is 10.3. The zero-order chi connectivity index (χ0) is 22.5. The summed E-state index contributed by atoms with van der Waals surface area (Å²) in [6, 6.07) is 10.7. The van der Waals surface area contributed by atoms with Gasteiger partial charge in [0.05, 0.1) is 23.1 Å². The third-order valence-electron chi connectivity index (χ3n) is 4.32. The molecule has 1 saturated heterocycles. The lowest BCUT2D eigenvalue weighted by Crippen LogP contribution is -2.44. The SMILES string of the molecule is CCCOc1c(Br)cc(/C=C2\SC(=S)N(NC(=O)c3ccc(C)cc3)C2=O)cc1OC. The van der Waals surface area contributed by atoms with Crippen molar-refractivity contribution in [3.05, 3.63) is 62.5 Å². The molecule has 162 valence electrons. The van der Waals surface area contributed by atoms with Gasteiger partial charge >= 0.3 is 0 Å². The monoisotopic (exact) mass is 520 g/mol. The lowest BCUT2D eigenvalue weighted by atomic mass is 10.1. The zero-order valence-corrected chi connectivity index (χ0v) is 20.4. The molecule has 2 aromatic rings. The van der Waals surface area contributed by atoms with Crippen LogP contribution in [0, 0.1) is 6.92 Å². The van der Waals surface area contributed by atoms with E-state index in [2.05, 4.69) is 21.4 Å². The predicted molar refractivity (Wildman–Crippen MR) is 130 cm³/mol. The second-order valence-corrected chi connectivity index (χ2v) is 9.24. The smallest absolute Gasteiger partial charge is 0.285 e. The quantitative estimate of drug-likeness (QED) is 0.404. The van der Waals surface area contributed by atoms with Crippen LogP contribution in [0.15, 0.2) is 45.8 Å². The molecule has 1 aliphatic heterocycles. The van der Waals surface area contributed by atoms with Gasteiger partial charge in [-0.25, -0.2) is 0 Å². The van der Waals surface area contributed by atoms with Crippen LogP contribution in [0.25, 0.3) is 6.08 Å². The average Bonchev–Trinajstić information content (AvgIpc) is 3.00. The van der Waals surface area contributed by atoms with Crippen molar-refractivity contribution in [3.63, 3.8) is 0 Å². The standard InChI is InChI=1S/C22H21BrN2O4S2/c1-4-9-29-19-16(23)10-14(11-17(19)28-3)12-18-21(27)25(22(30)31-18)24-20(26)15-7-5-13(2)6-8-15/h5-8,10-12H,4,9H2,1-3H3,(H,24,26)/b18-12-. The number of methoxy groups -OCH3 is 1. The van der Waals surface area contributed by atoms with Crippen molar-refractivity contribution < 1.29 is 19.1 Å². The lowest BCUT2D eigenvalue weighted by Gasteiger charge is -2.15. The number of carbonyl (C=O) groups is 2. The van der Waals surface area contributed by atoms with Gasteiger partial charge in [-0.15, -0.1) is 0 Å². The Morgan fingerprint density at radius 2 is 2.00 bits per heavy atom. The third kappa shape index (κ3) is 5.47. The van der Waals surface area contributed by atoms with Crippen LogP contribution in [0.5, 0.6) is 11.5 Å². The van der Waals surface area contributed by atoms with Gasteiger partial charge in [0.2, 0.25) is 0 Å². The summed E-state index contributed by atoms with van der Waals surface area (Å²) in [5.74, 6) is 0.368. The van der Waals surface area contributed by atoms with Crippen LogP contribution in [-0.4, -0.2) is 34.9 Å². The highest BCUT2D eigenvalue weighted by molar-refractivity contribution is 9.10. The Bertz CT molecular complexity index is 1050. The minimum atomic E-state index is -0.403. The van der Waals surface area contributed by atoms with E-state index in [0.29, 0.717) is 28.6 Å². The van der Waals surface area contributed by atoms with Crippen LogP contribution in [-0.2, 0) is 4.79 Å². The Morgan fingerprint density at radius 3 is 2.65 bits per heavy atom. The summed E-state index contributed by atoms with van der Waals surface area (Å²) in [5, 5.41) is 1.10. The molecular weight excluding hydrogens is 500 g/mol. The molecule has 31 heavy (non-hydrogen) atoms. The van der Waals surface area contributed by atoms with Gasteiger partial charge < -0.3 is 9.47 Å². The van der Waals surface area contributed by atoms with Crippen molar-refractivity contribution in [2.24, 2.45) is 0 Å². The molecule has 6 nitrogen and oxygen atoms in total. The molecule has 3 rings (SSSR count). The summed E-state index contributed by atoms with van der Waals surface area (Å²) < 4.78 is 12.2. The van der Waals surface area contributed by atoms with Gasteiger partial charge in [-0.05, 0) is 77.4 Å². The Balaban J connectivity index is 1.80. The summed E-state index contributed by atoms with van der Waals surface area (Å²) >= 11 is 9.92. The van der Waals surface area contributed by atoms with Gasteiger partial charge in [0.25, 0.3) is 11.8 Å². The second-order valence-electron chi connectivity index (χ2n) is 6.71. The number of hydrazine groups is 1. The van der Waals surface area contributed by atoms with Gasteiger partial charge in [0, 0.05) is 5.56 Å². The fourth-order valence-electron chi connectivity index (χ4n) is 2.75. The summed E-state index contributed by atoms with van der Waals surface area (Å²) in [4.78, 5) is 25.7. The number of ether oxygens (including phenoxy) is 2. The van der Waals surface area contributed by atoms with Gasteiger partial charge in [0.1, 0.15) is 0 Å². The van der Waals surface area contributed by atoms with Crippen LogP contribution in [0.3, 0.4) is 0 Å². The molecule has 0 spiro atoms. The first-order valence-corrected chi connectivity index (χ1v) is 11.5. The van der Waals surface area contributed by atoms with E-state index in [1.54, 1.807) is 31.4 Å². The highest BCUT2D eigenvalue weighted by atomic mass is 79.9. The lowest BCUT2D eigenvalue weighted by molar-refractivity contribution is -0.123. The highest BCUT2D eigenvalue weighted by Crippen LogP contribution is 2.39. The molecule has 2 aromatic carbocycles. The maximum Gasteiger partial charge on any atom is 0.285 e. The van der Waals surface area contributed by atoms with Crippen LogP contribution < -0.4 is 14.9 Å². The predicted octanol–water partition coefficient (Wildman–Crippen LogP) is 5.10. The molecule has 1 aliphatic rings.